The number of hydrogen-bond donors (Lipinski definition) is 3. The summed E-state index contributed by atoms with van der Waals surface area (Å²) in [4.78, 5) is 0. The highest BCUT2D eigenvalue weighted by Gasteiger charge is 2.28. The second-order valence-electron chi connectivity index (χ2n) is 5.94. The van der Waals surface area contributed by atoms with Crippen LogP contribution < -0.4 is 16.8 Å². The molecule has 0 bridgehead atoms. The third-order valence-electron chi connectivity index (χ3n) is 3.71. The summed E-state index contributed by atoms with van der Waals surface area (Å²) in [6.45, 7) is 3.05. The molecule has 0 aliphatic rings. The van der Waals surface area contributed by atoms with Crippen molar-refractivity contribution < 1.29 is 0 Å². The molecule has 0 saturated heterocycles. The van der Waals surface area contributed by atoms with Gasteiger partial charge < -0.3 is 21.4 Å². The lowest BCUT2D eigenvalue weighted by Gasteiger charge is -2.16. The number of guanidine groups is 1. The Bertz CT molecular complexity index is 786. The summed E-state index contributed by atoms with van der Waals surface area (Å²) in [5.74, 6) is -0.0761. The Morgan fingerprint density at radius 1 is 1.22 bits per heavy atom. The van der Waals surface area contributed by atoms with Gasteiger partial charge in [0.25, 0.3) is 0 Å². The number of alkyl halides is 3. The molecule has 0 aliphatic heterocycles. The number of aryl methyl sites for hydroxylation is 1. The maximum Gasteiger partial charge on any atom is 0.230 e. The first-order valence-corrected chi connectivity index (χ1v) is 9.68. The van der Waals surface area contributed by atoms with Crippen LogP contribution in [0, 0.1) is 0 Å². The molecule has 5 N–H and O–H groups in total. The number of nitrogens with two attached hydrogens (primary N) is 2. The van der Waals surface area contributed by atoms with Gasteiger partial charge in [0, 0.05) is 30.3 Å². The van der Waals surface area contributed by atoms with Crippen molar-refractivity contribution in [3.63, 3.8) is 0 Å². The average Bonchev–Trinajstić information content (AvgIpc) is 3.04. The van der Waals surface area contributed by atoms with Crippen molar-refractivity contribution in [2.75, 3.05) is 11.9 Å². The zero-order valence-corrected chi connectivity index (χ0v) is 17.3. The fourth-order valence-electron chi connectivity index (χ4n) is 2.49. The van der Waals surface area contributed by atoms with E-state index in [4.69, 9.17) is 46.3 Å². The summed E-state index contributed by atoms with van der Waals surface area (Å²) in [5, 5.41) is 10.7. The van der Waals surface area contributed by atoms with Crippen molar-refractivity contribution in [1.82, 2.24) is 4.57 Å². The van der Waals surface area contributed by atoms with Gasteiger partial charge >= 0.3 is 0 Å². The monoisotopic (exact) mass is 428 g/mol. The molecular weight excluding hydrogens is 407 g/mol. The molecule has 9 heteroatoms. The van der Waals surface area contributed by atoms with Crippen molar-refractivity contribution in [2.24, 2.45) is 21.7 Å². The lowest BCUT2D eigenvalue weighted by molar-refractivity contribution is 0.952. The molecule has 6 nitrogen and oxygen atoms in total. The van der Waals surface area contributed by atoms with E-state index < -0.39 is 3.79 Å². The predicted molar refractivity (Wildman–Crippen MR) is 116 cm³/mol. The van der Waals surface area contributed by atoms with E-state index in [2.05, 4.69) is 22.4 Å². The quantitative estimate of drug-likeness (QED) is 0.252. The standard InChI is InChI=1S/C18H23Cl3N6/c1-2-9-24-14-5-7-15(8-6-14)27-12-13(11-16(27)18(19,20)21)4-3-10-25-26-17(22)23/h5-8,10-12,24H,2-4,9H2,1H3,(H4,22,23,26). The Balaban J connectivity index is 2.20. The van der Waals surface area contributed by atoms with Crippen LogP contribution in [0.2, 0.25) is 0 Å². The first-order valence-electron chi connectivity index (χ1n) is 8.54. The van der Waals surface area contributed by atoms with Crippen molar-refractivity contribution in [1.29, 1.82) is 0 Å². The molecule has 0 spiro atoms. The van der Waals surface area contributed by atoms with Crippen LogP contribution in [0.1, 0.15) is 31.0 Å². The Kier molecular flexibility index (Phi) is 7.83. The van der Waals surface area contributed by atoms with E-state index in [0.29, 0.717) is 18.5 Å². The molecule has 27 heavy (non-hydrogen) atoms. The molecule has 146 valence electrons. The van der Waals surface area contributed by atoms with Gasteiger partial charge in [0.05, 0.1) is 5.69 Å². The van der Waals surface area contributed by atoms with Crippen molar-refractivity contribution >= 4 is 52.7 Å². The van der Waals surface area contributed by atoms with Crippen LogP contribution in [0.5, 0.6) is 0 Å². The largest absolute Gasteiger partial charge is 0.385 e. The van der Waals surface area contributed by atoms with Crippen LogP contribution in [-0.2, 0) is 10.2 Å². The smallest absolute Gasteiger partial charge is 0.230 e. The predicted octanol–water partition coefficient (Wildman–Crippen LogP) is 4.32. The van der Waals surface area contributed by atoms with Gasteiger partial charge in [-0.2, -0.15) is 5.10 Å². The van der Waals surface area contributed by atoms with Crippen LogP contribution in [0.4, 0.5) is 5.69 Å². The third kappa shape index (κ3) is 6.65. The van der Waals surface area contributed by atoms with E-state index in [1.54, 1.807) is 6.21 Å². The Labute approximate surface area is 174 Å². The van der Waals surface area contributed by atoms with Gasteiger partial charge in [-0.1, -0.05) is 41.7 Å². The SMILES string of the molecule is CCCNc1ccc(-n2cc(CCC=NN=C(N)N)cc2C(Cl)(Cl)Cl)cc1. The zero-order valence-electron chi connectivity index (χ0n) is 15.0. The molecule has 1 aromatic carbocycles. The lowest BCUT2D eigenvalue weighted by atomic mass is 10.2. The van der Waals surface area contributed by atoms with Crippen LogP contribution in [-0.4, -0.2) is 23.3 Å². The number of rotatable bonds is 8. The molecule has 0 saturated carbocycles. The van der Waals surface area contributed by atoms with E-state index in [-0.39, 0.29) is 5.96 Å². The average molecular weight is 430 g/mol. The second kappa shape index (κ2) is 9.88. The van der Waals surface area contributed by atoms with Crippen molar-refractivity contribution in [3.05, 3.63) is 47.8 Å². The van der Waals surface area contributed by atoms with Gasteiger partial charge in [0.1, 0.15) is 0 Å². The minimum atomic E-state index is -1.54. The fraction of sp³-hybridized carbons (Fsp3) is 0.333. The van der Waals surface area contributed by atoms with Crippen LogP contribution in [0.15, 0.2) is 46.7 Å². The number of nitrogens with one attached hydrogen (secondary N) is 1. The van der Waals surface area contributed by atoms with E-state index in [9.17, 15) is 0 Å². The van der Waals surface area contributed by atoms with Crippen molar-refractivity contribution in [2.45, 2.75) is 30.0 Å². The van der Waals surface area contributed by atoms with Gasteiger partial charge in [-0.3, -0.25) is 0 Å². The number of halogens is 3. The summed E-state index contributed by atoms with van der Waals surface area (Å²) in [7, 11) is 0. The van der Waals surface area contributed by atoms with Gasteiger partial charge in [0.2, 0.25) is 9.75 Å². The molecule has 0 atom stereocenters. The molecule has 1 aromatic heterocycles. The molecule has 0 aliphatic carbocycles. The molecule has 2 rings (SSSR count). The molecule has 0 fully saturated rings. The minimum Gasteiger partial charge on any atom is -0.385 e. The Morgan fingerprint density at radius 2 is 1.93 bits per heavy atom. The molecule has 0 unspecified atom stereocenters. The summed E-state index contributed by atoms with van der Waals surface area (Å²) in [6, 6.07) is 9.87. The van der Waals surface area contributed by atoms with Crippen molar-refractivity contribution in [3.8, 4) is 5.69 Å². The Hall–Kier alpha value is -1.89. The molecule has 1 heterocycles. The molecule has 0 radical (unpaired) electrons. The van der Waals surface area contributed by atoms with E-state index >= 15 is 0 Å². The molecular formula is C18H23Cl3N6. The van der Waals surface area contributed by atoms with Gasteiger partial charge in [0.15, 0.2) is 0 Å². The summed E-state index contributed by atoms with van der Waals surface area (Å²) in [5.41, 5.74) is 14.0. The van der Waals surface area contributed by atoms with Crippen LogP contribution in [0.3, 0.4) is 0 Å². The van der Waals surface area contributed by atoms with Gasteiger partial charge in [-0.05, 0) is 55.2 Å². The summed E-state index contributed by atoms with van der Waals surface area (Å²) < 4.78 is 0.350. The van der Waals surface area contributed by atoms with Gasteiger partial charge in [-0.15, -0.1) is 5.10 Å². The number of anilines is 1. The topological polar surface area (TPSA) is 93.7 Å². The number of hydrogen-bond acceptors (Lipinski definition) is 3. The molecule has 2 aromatic rings. The van der Waals surface area contributed by atoms with E-state index in [1.807, 2.05) is 41.1 Å². The highest BCUT2D eigenvalue weighted by atomic mass is 35.6. The maximum absolute atomic E-state index is 6.17. The number of aromatic nitrogens is 1. The second-order valence-corrected chi connectivity index (χ2v) is 8.22. The van der Waals surface area contributed by atoms with E-state index in [1.165, 1.54) is 0 Å². The first kappa shape index (κ1) is 21.4. The fourth-order valence-corrected chi connectivity index (χ4v) is 2.93. The van der Waals surface area contributed by atoms with Gasteiger partial charge in [-0.25, -0.2) is 0 Å². The Morgan fingerprint density at radius 3 is 2.52 bits per heavy atom. The summed E-state index contributed by atoms with van der Waals surface area (Å²) >= 11 is 18.5. The normalized spacial score (nSPS) is 11.7. The zero-order chi connectivity index (χ0) is 19.9. The van der Waals surface area contributed by atoms with Crippen LogP contribution >= 0.6 is 34.8 Å². The highest BCUT2D eigenvalue weighted by molar-refractivity contribution is 6.66. The first-order chi connectivity index (χ1) is 12.8. The number of benzene rings is 1. The molecule has 0 amide bonds. The van der Waals surface area contributed by atoms with E-state index in [0.717, 1.165) is 29.9 Å². The lowest BCUT2D eigenvalue weighted by Crippen LogP contribution is -2.21. The third-order valence-corrected chi connectivity index (χ3v) is 4.29. The summed E-state index contributed by atoms with van der Waals surface area (Å²) in [6.07, 6.45) is 6.02. The number of nitrogens with zero attached hydrogens (tertiary/aromatic N) is 3. The highest BCUT2D eigenvalue weighted by Crippen LogP contribution is 2.40. The van der Waals surface area contributed by atoms with Crippen LogP contribution in [0.25, 0.3) is 5.69 Å². The minimum absolute atomic E-state index is 0.0761. The maximum atomic E-state index is 6.17.